The van der Waals surface area contributed by atoms with Crippen molar-refractivity contribution in [3.8, 4) is 28.3 Å². The highest BCUT2D eigenvalue weighted by Crippen LogP contribution is 2.37. The Balaban J connectivity index is 1.84. The predicted molar refractivity (Wildman–Crippen MR) is 114 cm³/mol. The van der Waals surface area contributed by atoms with Gasteiger partial charge in [0.15, 0.2) is 0 Å². The summed E-state index contributed by atoms with van der Waals surface area (Å²) >= 11 is 1.57. The third kappa shape index (κ3) is 4.14. The molecule has 0 aliphatic carbocycles. The number of carbonyl (C=O) groups excluding carboxylic acids is 1. The molecule has 29 heavy (non-hydrogen) atoms. The van der Waals surface area contributed by atoms with E-state index in [1.165, 1.54) is 7.11 Å². The molecule has 1 aromatic carbocycles. The monoisotopic (exact) mass is 404 g/mol. The number of ketones is 1. The number of hydrogen-bond donors (Lipinski definition) is 0. The second-order valence-electron chi connectivity index (χ2n) is 6.65. The molecule has 0 aliphatic heterocycles. The van der Waals surface area contributed by atoms with E-state index in [4.69, 9.17) is 9.72 Å². The van der Waals surface area contributed by atoms with Crippen LogP contribution in [0.1, 0.15) is 24.8 Å². The first-order valence-corrected chi connectivity index (χ1v) is 10.2. The van der Waals surface area contributed by atoms with Crippen LogP contribution in [0.4, 0.5) is 0 Å². The number of pyridine rings is 1. The molecule has 0 saturated heterocycles. The van der Waals surface area contributed by atoms with E-state index in [1.54, 1.807) is 29.9 Å². The number of hydrogen-bond acceptors (Lipinski definition) is 7. The number of nitrogens with zero attached hydrogens (tertiary/aromatic N) is 4. The average molecular weight is 404 g/mol. The zero-order valence-corrected chi connectivity index (χ0v) is 17.1. The predicted octanol–water partition coefficient (Wildman–Crippen LogP) is 4.74. The Bertz CT molecular complexity index is 1140. The number of rotatable bonds is 7. The molecule has 3 aromatic heterocycles. The van der Waals surface area contributed by atoms with Gasteiger partial charge in [0.1, 0.15) is 10.8 Å². The number of benzene rings is 1. The van der Waals surface area contributed by atoms with Crippen molar-refractivity contribution < 1.29 is 9.53 Å². The van der Waals surface area contributed by atoms with Gasteiger partial charge in [0, 0.05) is 47.9 Å². The van der Waals surface area contributed by atoms with Gasteiger partial charge >= 0.3 is 6.01 Å². The SMILES string of the molecule is CCCC(=O)Cc1nc2cc(-c3cnc(OC)nc3)cc(-c3cccnc3)c2s1. The summed E-state index contributed by atoms with van der Waals surface area (Å²) < 4.78 is 6.11. The third-order valence-corrected chi connectivity index (χ3v) is 5.63. The highest BCUT2D eigenvalue weighted by molar-refractivity contribution is 7.19. The molecule has 0 bridgehead atoms. The zero-order valence-electron chi connectivity index (χ0n) is 16.3. The van der Waals surface area contributed by atoms with E-state index in [9.17, 15) is 4.79 Å². The zero-order chi connectivity index (χ0) is 20.2. The van der Waals surface area contributed by atoms with Gasteiger partial charge in [-0.15, -0.1) is 11.3 Å². The van der Waals surface area contributed by atoms with E-state index in [1.807, 2.05) is 31.3 Å². The van der Waals surface area contributed by atoms with Gasteiger partial charge in [-0.25, -0.2) is 15.0 Å². The summed E-state index contributed by atoms with van der Waals surface area (Å²) in [5, 5.41) is 0.840. The maximum Gasteiger partial charge on any atom is 0.316 e. The number of ether oxygens (including phenoxy) is 1. The molecule has 0 radical (unpaired) electrons. The van der Waals surface area contributed by atoms with Gasteiger partial charge in [0.25, 0.3) is 0 Å². The Kier molecular flexibility index (Phi) is 5.57. The molecule has 0 atom stereocenters. The standard InChI is InChI=1S/C22H20N4O2S/c1-3-5-17(27)10-20-26-19-9-15(16-12-24-22(28-2)25-13-16)8-18(21(19)29-20)14-6-4-7-23-11-14/h4,6-9,11-13H,3,5,10H2,1-2H3. The van der Waals surface area contributed by atoms with Crippen LogP contribution in [0.2, 0.25) is 0 Å². The van der Waals surface area contributed by atoms with Crippen molar-refractivity contribution in [1.82, 2.24) is 19.9 Å². The molecule has 0 spiro atoms. The first-order chi connectivity index (χ1) is 14.2. The maximum absolute atomic E-state index is 12.1. The molecule has 0 unspecified atom stereocenters. The van der Waals surface area contributed by atoms with Crippen LogP contribution in [0.3, 0.4) is 0 Å². The van der Waals surface area contributed by atoms with E-state index >= 15 is 0 Å². The largest absolute Gasteiger partial charge is 0.467 e. The van der Waals surface area contributed by atoms with E-state index in [2.05, 4.69) is 21.0 Å². The highest BCUT2D eigenvalue weighted by atomic mass is 32.1. The molecule has 0 amide bonds. The highest BCUT2D eigenvalue weighted by Gasteiger charge is 2.15. The minimum absolute atomic E-state index is 0.221. The minimum atomic E-state index is 0.221. The number of methoxy groups -OCH3 is 1. The van der Waals surface area contributed by atoms with Crippen molar-refractivity contribution in [2.24, 2.45) is 0 Å². The topological polar surface area (TPSA) is 77.9 Å². The lowest BCUT2D eigenvalue weighted by Crippen LogP contribution is -2.00. The first kappa shape index (κ1) is 19.1. The van der Waals surface area contributed by atoms with E-state index in [0.29, 0.717) is 18.9 Å². The summed E-state index contributed by atoms with van der Waals surface area (Å²) in [5.74, 6) is 0.221. The van der Waals surface area contributed by atoms with Crippen LogP contribution in [-0.4, -0.2) is 32.8 Å². The Morgan fingerprint density at radius 1 is 1.10 bits per heavy atom. The van der Waals surface area contributed by atoms with Crippen molar-refractivity contribution in [3.05, 3.63) is 54.1 Å². The van der Waals surface area contributed by atoms with Gasteiger partial charge in [0.05, 0.1) is 23.7 Å². The lowest BCUT2D eigenvalue weighted by molar-refractivity contribution is -0.118. The number of aromatic nitrogens is 4. The number of fused-ring (bicyclic) bond motifs is 1. The summed E-state index contributed by atoms with van der Waals surface area (Å²) in [6.07, 6.45) is 8.87. The molecule has 4 rings (SSSR count). The second-order valence-corrected chi connectivity index (χ2v) is 7.73. The molecule has 0 aliphatic rings. The molecular formula is C22H20N4O2S. The summed E-state index contributed by atoms with van der Waals surface area (Å²) in [7, 11) is 1.54. The fourth-order valence-electron chi connectivity index (χ4n) is 3.16. The fraction of sp³-hybridized carbons (Fsp3) is 0.227. The summed E-state index contributed by atoms with van der Waals surface area (Å²) in [5.41, 5.74) is 4.73. The summed E-state index contributed by atoms with van der Waals surface area (Å²) in [4.78, 5) is 29.6. The van der Waals surface area contributed by atoms with Gasteiger partial charge in [-0.2, -0.15) is 0 Å². The third-order valence-electron chi connectivity index (χ3n) is 4.53. The van der Waals surface area contributed by atoms with Crippen LogP contribution in [0.5, 0.6) is 6.01 Å². The van der Waals surface area contributed by atoms with E-state index in [0.717, 1.165) is 43.9 Å². The smallest absolute Gasteiger partial charge is 0.316 e. The Hall–Kier alpha value is -3.19. The first-order valence-electron chi connectivity index (χ1n) is 9.40. The maximum atomic E-state index is 12.1. The van der Waals surface area contributed by atoms with Crippen LogP contribution in [0.15, 0.2) is 49.1 Å². The van der Waals surface area contributed by atoms with Crippen molar-refractivity contribution in [2.75, 3.05) is 7.11 Å². The molecule has 6 nitrogen and oxygen atoms in total. The Labute approximate surface area is 172 Å². The van der Waals surface area contributed by atoms with Gasteiger partial charge < -0.3 is 4.74 Å². The molecule has 146 valence electrons. The van der Waals surface area contributed by atoms with Gasteiger partial charge in [-0.05, 0) is 30.2 Å². The normalized spacial score (nSPS) is 11.0. The second kappa shape index (κ2) is 8.45. The van der Waals surface area contributed by atoms with Crippen molar-refractivity contribution in [3.63, 3.8) is 0 Å². The number of Topliss-reactive ketones (excluding diaryl/α,β-unsaturated/α-hetero) is 1. The molecule has 4 aromatic rings. The molecule has 0 saturated carbocycles. The Morgan fingerprint density at radius 2 is 1.93 bits per heavy atom. The van der Waals surface area contributed by atoms with Gasteiger partial charge in [-0.1, -0.05) is 13.0 Å². The number of thiazole rings is 1. The molecule has 0 N–H and O–H groups in total. The number of carbonyl (C=O) groups is 1. The van der Waals surface area contributed by atoms with Gasteiger partial charge in [0.2, 0.25) is 0 Å². The van der Waals surface area contributed by atoms with Crippen LogP contribution < -0.4 is 4.74 Å². The lowest BCUT2D eigenvalue weighted by Gasteiger charge is -2.07. The molecule has 0 fully saturated rings. The van der Waals surface area contributed by atoms with Crippen LogP contribution in [-0.2, 0) is 11.2 Å². The van der Waals surface area contributed by atoms with E-state index < -0.39 is 0 Å². The minimum Gasteiger partial charge on any atom is -0.467 e. The Morgan fingerprint density at radius 3 is 2.62 bits per heavy atom. The fourth-order valence-corrected chi connectivity index (χ4v) is 4.27. The van der Waals surface area contributed by atoms with Gasteiger partial charge in [-0.3, -0.25) is 9.78 Å². The summed E-state index contributed by atoms with van der Waals surface area (Å²) in [6.45, 7) is 2.01. The van der Waals surface area contributed by atoms with Crippen LogP contribution in [0, 0.1) is 0 Å². The molecule has 7 heteroatoms. The van der Waals surface area contributed by atoms with Crippen LogP contribution in [0.25, 0.3) is 32.5 Å². The van der Waals surface area contributed by atoms with Crippen LogP contribution >= 0.6 is 11.3 Å². The quantitative estimate of drug-likeness (QED) is 0.443. The molecule has 3 heterocycles. The van der Waals surface area contributed by atoms with Crippen molar-refractivity contribution in [2.45, 2.75) is 26.2 Å². The summed E-state index contributed by atoms with van der Waals surface area (Å²) in [6, 6.07) is 8.38. The lowest BCUT2D eigenvalue weighted by atomic mass is 10.0. The van der Waals surface area contributed by atoms with E-state index in [-0.39, 0.29) is 5.78 Å². The van der Waals surface area contributed by atoms with Crippen molar-refractivity contribution >= 4 is 27.3 Å². The molecular weight excluding hydrogens is 384 g/mol. The van der Waals surface area contributed by atoms with Crippen molar-refractivity contribution in [1.29, 1.82) is 0 Å². The average Bonchev–Trinajstić information content (AvgIpc) is 3.16.